The number of hydrogen-bond donors (Lipinski definition) is 0. The number of nitrogens with zero attached hydrogens (tertiary/aromatic N) is 2. The third kappa shape index (κ3) is 7.28. The van der Waals surface area contributed by atoms with Crippen LogP contribution in [0.25, 0.3) is 184 Å². The molecule has 19 rings (SSSR count). The van der Waals surface area contributed by atoms with Crippen LogP contribution in [-0.2, 0) is 0 Å². The van der Waals surface area contributed by atoms with Gasteiger partial charge < -0.3 is 9.13 Å². The van der Waals surface area contributed by atoms with Crippen molar-refractivity contribution < 1.29 is 0 Å². The zero-order chi connectivity index (χ0) is 56.8. The van der Waals surface area contributed by atoms with Crippen LogP contribution >= 0.6 is 11.3 Å². The fraction of sp³-hybridized carbons (Fsp3) is 0. The molecule has 0 atom stereocenters. The number of hydrogen-bond acceptors (Lipinski definition) is 1. The third-order valence-electron chi connectivity index (χ3n) is 18.9. The van der Waals surface area contributed by atoms with Gasteiger partial charge in [0.05, 0.1) is 22.1 Å². The molecule has 0 N–H and O–H groups in total. The van der Waals surface area contributed by atoms with Gasteiger partial charge in [-0.25, -0.2) is 0 Å². The van der Waals surface area contributed by atoms with Crippen molar-refractivity contribution in [3.05, 3.63) is 303 Å². The van der Waals surface area contributed by atoms with E-state index in [2.05, 4.69) is 312 Å². The second kappa shape index (κ2) is 18.7. The molecule has 0 unspecified atom stereocenters. The lowest BCUT2D eigenvalue weighted by atomic mass is 9.87. The van der Waals surface area contributed by atoms with Crippen molar-refractivity contribution in [3.63, 3.8) is 0 Å². The van der Waals surface area contributed by atoms with Gasteiger partial charge in [0.15, 0.2) is 0 Å². The minimum atomic E-state index is 1.15. The van der Waals surface area contributed by atoms with E-state index in [1.54, 1.807) is 0 Å². The molecule has 0 saturated heterocycles. The second-order valence-corrected chi connectivity index (χ2v) is 24.5. The monoisotopic (exact) mass is 1120 g/mol. The standard InChI is InChI=1S/C84H50N2S/c1-3-22-64-60(18-1)62-20-5-7-24-66(62)74-46-54(33-39-68(64)74)52-17-15-16-51(44-52)53-32-38-59(73(45-53)56-34-40-69-65-23-4-2-19-61(65)63-21-6-8-25-67(63)75(69)47-56)55-35-41-82-76(48-55)72-28-11-14-31-81(72)86(82)58-37-43-84-78(50-58)77-49-57(36-42-83(77)87-84)85-79-29-12-9-26-70(79)71-27-10-13-30-80(71)85/h1-50H. The molecule has 0 aliphatic carbocycles. The van der Waals surface area contributed by atoms with Crippen LogP contribution in [0.15, 0.2) is 303 Å². The summed E-state index contributed by atoms with van der Waals surface area (Å²) in [7, 11) is 0. The molecule has 0 fully saturated rings. The maximum atomic E-state index is 2.48. The summed E-state index contributed by atoms with van der Waals surface area (Å²) in [5.41, 5.74) is 16.6. The first kappa shape index (κ1) is 48.3. The summed E-state index contributed by atoms with van der Waals surface area (Å²) in [5.74, 6) is 0. The van der Waals surface area contributed by atoms with Gasteiger partial charge in [0.2, 0.25) is 0 Å². The van der Waals surface area contributed by atoms with Crippen LogP contribution in [0.3, 0.4) is 0 Å². The average molecular weight is 1120 g/mol. The van der Waals surface area contributed by atoms with Crippen molar-refractivity contribution in [1.29, 1.82) is 0 Å². The Morgan fingerprint density at radius 3 is 1.00 bits per heavy atom. The fourth-order valence-corrected chi connectivity index (χ4v) is 16.0. The number of aromatic nitrogens is 2. The number of benzene rings is 16. The summed E-state index contributed by atoms with van der Waals surface area (Å²) in [5, 5.41) is 22.9. The Morgan fingerprint density at radius 2 is 0.506 bits per heavy atom. The zero-order valence-corrected chi connectivity index (χ0v) is 48.0. The summed E-state index contributed by atoms with van der Waals surface area (Å²) >= 11 is 1.87. The van der Waals surface area contributed by atoms with E-state index < -0.39 is 0 Å². The molecule has 402 valence electrons. The normalized spacial score (nSPS) is 12.1. The molecule has 19 aromatic rings. The first-order chi connectivity index (χ1) is 43.1. The van der Waals surface area contributed by atoms with Crippen LogP contribution < -0.4 is 0 Å². The lowest BCUT2D eigenvalue weighted by Gasteiger charge is -2.16. The Balaban J connectivity index is 0.774. The van der Waals surface area contributed by atoms with E-state index in [4.69, 9.17) is 0 Å². The zero-order valence-electron chi connectivity index (χ0n) is 47.2. The fourth-order valence-electron chi connectivity index (χ4n) is 14.9. The number of thiophene rings is 1. The minimum Gasteiger partial charge on any atom is -0.309 e. The van der Waals surface area contributed by atoms with Gasteiger partial charge in [0, 0.05) is 53.1 Å². The summed E-state index contributed by atoms with van der Waals surface area (Å²) in [6, 6.07) is 114. The van der Waals surface area contributed by atoms with Crippen LogP contribution in [0.4, 0.5) is 0 Å². The highest BCUT2D eigenvalue weighted by Crippen LogP contribution is 2.46. The topological polar surface area (TPSA) is 9.86 Å². The van der Waals surface area contributed by atoms with Crippen molar-refractivity contribution in [2.45, 2.75) is 0 Å². The maximum Gasteiger partial charge on any atom is 0.0541 e. The van der Waals surface area contributed by atoms with Crippen molar-refractivity contribution >= 4 is 140 Å². The Hall–Kier alpha value is -11.1. The molecule has 0 bridgehead atoms. The van der Waals surface area contributed by atoms with E-state index in [0.29, 0.717) is 0 Å². The molecule has 3 aromatic heterocycles. The van der Waals surface area contributed by atoms with E-state index in [9.17, 15) is 0 Å². The highest BCUT2D eigenvalue weighted by molar-refractivity contribution is 7.25. The van der Waals surface area contributed by atoms with E-state index in [1.807, 2.05) is 11.3 Å². The lowest BCUT2D eigenvalue weighted by molar-refractivity contribution is 1.18. The molecule has 3 heterocycles. The van der Waals surface area contributed by atoms with Gasteiger partial charge in [-0.3, -0.25) is 0 Å². The average Bonchev–Trinajstić information content (AvgIpc) is 2.05. The highest BCUT2D eigenvalue weighted by atomic mass is 32.1. The maximum absolute atomic E-state index is 2.48. The van der Waals surface area contributed by atoms with Gasteiger partial charge in [-0.2, -0.15) is 0 Å². The predicted octanol–water partition coefficient (Wildman–Crippen LogP) is 23.8. The lowest BCUT2D eigenvalue weighted by Crippen LogP contribution is -1.94. The van der Waals surface area contributed by atoms with Gasteiger partial charge in [-0.15, -0.1) is 11.3 Å². The Labute approximate surface area is 504 Å². The van der Waals surface area contributed by atoms with Crippen LogP contribution in [0, 0.1) is 0 Å². The Kier molecular flexibility index (Phi) is 10.4. The summed E-state index contributed by atoms with van der Waals surface area (Å²) in [6.45, 7) is 0. The van der Waals surface area contributed by atoms with Crippen LogP contribution in [0.1, 0.15) is 0 Å². The Morgan fingerprint density at radius 1 is 0.172 bits per heavy atom. The number of rotatable bonds is 6. The molecular formula is C84H50N2S. The first-order valence-electron chi connectivity index (χ1n) is 30.0. The summed E-state index contributed by atoms with van der Waals surface area (Å²) in [4.78, 5) is 0. The van der Waals surface area contributed by atoms with Crippen LogP contribution in [0.2, 0.25) is 0 Å². The number of fused-ring (bicyclic) bond motifs is 21. The molecule has 0 aliphatic heterocycles. The first-order valence-corrected chi connectivity index (χ1v) is 30.9. The van der Waals surface area contributed by atoms with E-state index in [0.717, 1.165) is 5.69 Å². The molecule has 0 radical (unpaired) electrons. The van der Waals surface area contributed by atoms with Crippen molar-refractivity contribution in [1.82, 2.24) is 9.13 Å². The SMILES string of the molecule is c1cc(-c2ccc(-c3ccc4c(c3)c3ccccc3n4-c3ccc4sc5ccc(-n6c7ccccc7c7ccccc76)cc5c4c3)c(-c3ccc4c5ccccc5c5ccccc5c4c3)c2)cc(-c2ccc3c4ccccc4c4ccccc4c3c2)c1. The molecule has 0 aliphatic rings. The van der Waals surface area contributed by atoms with Crippen molar-refractivity contribution in [2.75, 3.05) is 0 Å². The molecule has 0 amide bonds. The predicted molar refractivity (Wildman–Crippen MR) is 375 cm³/mol. The molecule has 0 saturated carbocycles. The van der Waals surface area contributed by atoms with Gasteiger partial charge in [-0.05, 0) is 200 Å². The Bertz CT molecular complexity index is 6020. The molecule has 87 heavy (non-hydrogen) atoms. The van der Waals surface area contributed by atoms with E-state index >= 15 is 0 Å². The van der Waals surface area contributed by atoms with Crippen LogP contribution in [-0.4, -0.2) is 9.13 Å². The summed E-state index contributed by atoms with van der Waals surface area (Å²) in [6.07, 6.45) is 0. The van der Waals surface area contributed by atoms with E-state index in [1.165, 1.54) is 179 Å². The largest absolute Gasteiger partial charge is 0.309 e. The smallest absolute Gasteiger partial charge is 0.0541 e. The molecule has 3 heteroatoms. The summed E-state index contributed by atoms with van der Waals surface area (Å²) < 4.78 is 7.47. The third-order valence-corrected chi connectivity index (χ3v) is 20.0. The molecule has 2 nitrogen and oxygen atoms in total. The quantitative estimate of drug-likeness (QED) is 0.147. The van der Waals surface area contributed by atoms with Gasteiger partial charge >= 0.3 is 0 Å². The van der Waals surface area contributed by atoms with Crippen LogP contribution in [0.5, 0.6) is 0 Å². The molecule has 0 spiro atoms. The minimum absolute atomic E-state index is 1.15. The van der Waals surface area contributed by atoms with Crippen molar-refractivity contribution in [2.24, 2.45) is 0 Å². The van der Waals surface area contributed by atoms with Gasteiger partial charge in [0.1, 0.15) is 0 Å². The molecule has 16 aromatic carbocycles. The van der Waals surface area contributed by atoms with Gasteiger partial charge in [0.25, 0.3) is 0 Å². The van der Waals surface area contributed by atoms with Gasteiger partial charge in [-0.1, -0.05) is 212 Å². The van der Waals surface area contributed by atoms with E-state index in [-0.39, 0.29) is 0 Å². The van der Waals surface area contributed by atoms with Crippen molar-refractivity contribution in [3.8, 4) is 55.9 Å². The highest BCUT2D eigenvalue weighted by Gasteiger charge is 2.20. The second-order valence-electron chi connectivity index (χ2n) is 23.5. The number of para-hydroxylation sites is 3. The molecular weight excluding hydrogens is 1070 g/mol.